The highest BCUT2D eigenvalue weighted by atomic mass is 32.1. The molecule has 1 fully saturated rings. The number of halogens is 3. The van der Waals surface area contributed by atoms with E-state index in [0.717, 1.165) is 29.6 Å². The second-order valence-corrected chi connectivity index (χ2v) is 6.46. The molecule has 1 N–H and O–H groups in total. The third-order valence-electron chi connectivity index (χ3n) is 3.91. The van der Waals surface area contributed by atoms with E-state index in [4.69, 9.17) is 9.47 Å². The average Bonchev–Trinajstić information content (AvgIpc) is 2.96. The normalized spacial score (nSPS) is 24.6. The zero-order chi connectivity index (χ0) is 14.6. The van der Waals surface area contributed by atoms with Gasteiger partial charge in [0.15, 0.2) is 11.4 Å². The number of ether oxygens (including phenoxy) is 2. The van der Waals surface area contributed by atoms with E-state index in [1.807, 2.05) is 0 Å². The zero-order valence-electron chi connectivity index (χ0n) is 10.9. The van der Waals surface area contributed by atoms with Crippen molar-refractivity contribution in [2.75, 3.05) is 13.2 Å². The van der Waals surface area contributed by atoms with Crippen molar-refractivity contribution in [3.05, 3.63) is 21.4 Å². The van der Waals surface area contributed by atoms with Crippen LogP contribution >= 0.6 is 11.3 Å². The lowest BCUT2D eigenvalue weighted by Gasteiger charge is -2.31. The first-order chi connectivity index (χ1) is 9.26. The van der Waals surface area contributed by atoms with E-state index in [0.29, 0.717) is 31.6 Å². The van der Waals surface area contributed by atoms with E-state index in [9.17, 15) is 18.3 Å². The van der Waals surface area contributed by atoms with Gasteiger partial charge in [-0.2, -0.15) is 13.2 Å². The fourth-order valence-corrected chi connectivity index (χ4v) is 4.01. The lowest BCUT2D eigenvalue weighted by molar-refractivity contribution is -0.257. The van der Waals surface area contributed by atoms with E-state index >= 15 is 0 Å². The van der Waals surface area contributed by atoms with E-state index < -0.39 is 17.6 Å². The van der Waals surface area contributed by atoms with Gasteiger partial charge in [-0.1, -0.05) is 0 Å². The molecule has 1 aliphatic heterocycles. The monoisotopic (exact) mass is 308 g/mol. The number of aryl methyl sites for hydroxylation is 1. The Morgan fingerprint density at radius 1 is 1.30 bits per heavy atom. The Kier molecular flexibility index (Phi) is 3.17. The summed E-state index contributed by atoms with van der Waals surface area (Å²) in [7, 11) is 0. The van der Waals surface area contributed by atoms with Crippen molar-refractivity contribution in [1.82, 2.24) is 0 Å². The molecule has 0 aromatic carbocycles. The second kappa shape index (κ2) is 4.43. The van der Waals surface area contributed by atoms with Gasteiger partial charge in [0.05, 0.1) is 13.2 Å². The SMILES string of the molecule is CC(O)(c1cc2c(s1)CCCC21OCCO1)C(F)(F)F. The van der Waals surface area contributed by atoms with Crippen molar-refractivity contribution in [3.63, 3.8) is 0 Å². The Labute approximate surface area is 118 Å². The summed E-state index contributed by atoms with van der Waals surface area (Å²) in [6, 6.07) is 1.40. The molecule has 1 spiro atoms. The molecule has 3 rings (SSSR count). The van der Waals surface area contributed by atoms with Gasteiger partial charge in [0.1, 0.15) is 0 Å². The Morgan fingerprint density at radius 3 is 2.55 bits per heavy atom. The number of fused-ring (bicyclic) bond motifs is 2. The van der Waals surface area contributed by atoms with Crippen molar-refractivity contribution in [1.29, 1.82) is 0 Å². The van der Waals surface area contributed by atoms with Gasteiger partial charge in [0.2, 0.25) is 0 Å². The van der Waals surface area contributed by atoms with Gasteiger partial charge in [-0.3, -0.25) is 0 Å². The first-order valence-electron chi connectivity index (χ1n) is 6.47. The Bertz CT molecular complexity index is 515. The molecule has 3 nitrogen and oxygen atoms in total. The van der Waals surface area contributed by atoms with E-state index in [2.05, 4.69) is 0 Å². The largest absolute Gasteiger partial charge is 0.421 e. The lowest BCUT2D eigenvalue weighted by Crippen LogP contribution is -2.38. The van der Waals surface area contributed by atoms with Crippen LogP contribution in [0.4, 0.5) is 13.2 Å². The second-order valence-electron chi connectivity index (χ2n) is 5.32. The first-order valence-corrected chi connectivity index (χ1v) is 7.29. The standard InChI is InChI=1S/C13H15F3O3S/c1-11(17,13(14,15)16)10-7-8-9(20-10)3-2-4-12(8)18-5-6-19-12/h7,17H,2-6H2,1H3. The highest BCUT2D eigenvalue weighted by Crippen LogP contribution is 2.49. The minimum Gasteiger partial charge on any atom is -0.376 e. The molecule has 112 valence electrons. The molecular formula is C13H15F3O3S. The Hall–Kier alpha value is -0.630. The van der Waals surface area contributed by atoms with Gasteiger partial charge >= 0.3 is 6.18 Å². The van der Waals surface area contributed by atoms with Gasteiger partial charge in [-0.05, 0) is 25.8 Å². The maximum Gasteiger partial charge on any atom is 0.421 e. The molecule has 0 radical (unpaired) electrons. The zero-order valence-corrected chi connectivity index (χ0v) is 11.7. The molecule has 2 aliphatic rings. The van der Waals surface area contributed by atoms with Crippen LogP contribution in [0, 0.1) is 0 Å². The Morgan fingerprint density at radius 2 is 1.95 bits per heavy atom. The van der Waals surface area contributed by atoms with Crippen LogP contribution in [0.1, 0.15) is 35.1 Å². The van der Waals surface area contributed by atoms with Crippen molar-refractivity contribution >= 4 is 11.3 Å². The highest BCUT2D eigenvalue weighted by Gasteiger charge is 2.53. The molecule has 7 heteroatoms. The maximum atomic E-state index is 12.9. The number of aliphatic hydroxyl groups is 1. The van der Waals surface area contributed by atoms with E-state index in [1.165, 1.54) is 6.07 Å². The van der Waals surface area contributed by atoms with Crippen molar-refractivity contribution in [3.8, 4) is 0 Å². The molecule has 20 heavy (non-hydrogen) atoms. The lowest BCUT2D eigenvalue weighted by atomic mass is 9.91. The van der Waals surface area contributed by atoms with Crippen LogP contribution in [0.2, 0.25) is 0 Å². The van der Waals surface area contributed by atoms with E-state index in [-0.39, 0.29) is 4.88 Å². The molecule has 1 unspecified atom stereocenters. The summed E-state index contributed by atoms with van der Waals surface area (Å²) >= 11 is 1.000. The molecule has 0 amide bonds. The van der Waals surface area contributed by atoms with Crippen LogP contribution < -0.4 is 0 Å². The number of thiophene rings is 1. The van der Waals surface area contributed by atoms with Crippen LogP contribution in [-0.2, 0) is 27.3 Å². The number of hydrogen-bond acceptors (Lipinski definition) is 4. The molecule has 1 atom stereocenters. The fourth-order valence-electron chi connectivity index (χ4n) is 2.69. The predicted molar refractivity (Wildman–Crippen MR) is 66.5 cm³/mol. The smallest absolute Gasteiger partial charge is 0.376 e. The van der Waals surface area contributed by atoms with Crippen molar-refractivity contribution < 1.29 is 27.8 Å². The third kappa shape index (κ3) is 1.99. The number of alkyl halides is 3. The molecule has 0 bridgehead atoms. The van der Waals surface area contributed by atoms with Gasteiger partial charge in [-0.15, -0.1) is 11.3 Å². The average molecular weight is 308 g/mol. The van der Waals surface area contributed by atoms with E-state index in [1.54, 1.807) is 0 Å². The molecule has 1 aromatic heterocycles. The summed E-state index contributed by atoms with van der Waals surface area (Å²) in [5, 5.41) is 9.81. The molecule has 1 saturated heterocycles. The van der Waals surface area contributed by atoms with Crippen molar-refractivity contribution in [2.45, 2.75) is 43.8 Å². The van der Waals surface area contributed by atoms with Gasteiger partial charge in [0.25, 0.3) is 0 Å². The van der Waals surface area contributed by atoms with Crippen LogP contribution in [0.25, 0.3) is 0 Å². The fraction of sp³-hybridized carbons (Fsp3) is 0.692. The maximum absolute atomic E-state index is 12.9. The predicted octanol–water partition coefficient (Wildman–Crippen LogP) is 3.05. The number of rotatable bonds is 1. The summed E-state index contributed by atoms with van der Waals surface area (Å²) in [5.41, 5.74) is -2.18. The summed E-state index contributed by atoms with van der Waals surface area (Å²) in [4.78, 5) is 0.716. The van der Waals surface area contributed by atoms with Crippen molar-refractivity contribution in [2.24, 2.45) is 0 Å². The van der Waals surface area contributed by atoms with Crippen LogP contribution in [0.3, 0.4) is 0 Å². The first kappa shape index (κ1) is 14.3. The minimum atomic E-state index is -4.70. The molecule has 0 saturated carbocycles. The van der Waals surface area contributed by atoms with Crippen LogP contribution in [0.15, 0.2) is 6.07 Å². The quantitative estimate of drug-likeness (QED) is 0.866. The minimum absolute atomic E-state index is 0.102. The summed E-state index contributed by atoms with van der Waals surface area (Å²) in [6.45, 7) is 1.67. The third-order valence-corrected chi connectivity index (χ3v) is 5.32. The number of hydrogen-bond donors (Lipinski definition) is 1. The Balaban J connectivity index is 2.04. The van der Waals surface area contributed by atoms with Gasteiger partial charge in [-0.25, -0.2) is 0 Å². The molecule has 1 aliphatic carbocycles. The van der Waals surface area contributed by atoms with Crippen LogP contribution in [-0.4, -0.2) is 24.5 Å². The molecular weight excluding hydrogens is 293 g/mol. The van der Waals surface area contributed by atoms with Crippen LogP contribution in [0.5, 0.6) is 0 Å². The van der Waals surface area contributed by atoms with Gasteiger partial charge < -0.3 is 14.6 Å². The highest BCUT2D eigenvalue weighted by molar-refractivity contribution is 7.12. The molecule has 2 heterocycles. The topological polar surface area (TPSA) is 38.7 Å². The summed E-state index contributed by atoms with van der Waals surface area (Å²) in [5.74, 6) is -0.899. The van der Waals surface area contributed by atoms with Gasteiger partial charge in [0, 0.05) is 21.7 Å². The summed E-state index contributed by atoms with van der Waals surface area (Å²) in [6.07, 6.45) is -2.56. The molecule has 1 aromatic rings. The summed E-state index contributed by atoms with van der Waals surface area (Å²) < 4.78 is 50.1.